The highest BCUT2D eigenvalue weighted by atomic mass is 16.6. The number of nitrogens with zero attached hydrogens (tertiary/aromatic N) is 2. The van der Waals surface area contributed by atoms with E-state index in [1.54, 1.807) is 12.0 Å². The van der Waals surface area contributed by atoms with Gasteiger partial charge in [-0.1, -0.05) is 0 Å². The lowest BCUT2D eigenvalue weighted by Crippen LogP contribution is -2.42. The minimum atomic E-state index is -0.506. The summed E-state index contributed by atoms with van der Waals surface area (Å²) >= 11 is 0. The van der Waals surface area contributed by atoms with Crippen molar-refractivity contribution in [1.82, 2.24) is 9.47 Å². The molecule has 0 aliphatic carbocycles. The summed E-state index contributed by atoms with van der Waals surface area (Å²) in [7, 11) is 1.63. The Hall–Kier alpha value is -3.00. The minimum Gasteiger partial charge on any atom is -0.491 e. The van der Waals surface area contributed by atoms with Gasteiger partial charge in [-0.15, -0.1) is 0 Å². The summed E-state index contributed by atoms with van der Waals surface area (Å²) in [6.45, 7) is 7.79. The van der Waals surface area contributed by atoms with Crippen molar-refractivity contribution in [2.45, 2.75) is 45.3 Å². The van der Waals surface area contributed by atoms with Gasteiger partial charge >= 0.3 is 6.09 Å². The number of carbonyl (C=O) groups is 2. The predicted octanol–water partition coefficient (Wildman–Crippen LogP) is 4.34. The first-order valence-corrected chi connectivity index (χ1v) is 10.9. The lowest BCUT2D eigenvalue weighted by atomic mass is 10.0. The molecule has 1 aliphatic rings. The number of amides is 2. The molecule has 1 N–H and O–H groups in total. The van der Waals surface area contributed by atoms with Crippen LogP contribution in [-0.4, -0.2) is 60.5 Å². The van der Waals surface area contributed by atoms with Crippen LogP contribution in [-0.2, 0) is 9.47 Å². The molecule has 1 aromatic carbocycles. The zero-order chi connectivity index (χ0) is 23.1. The maximum absolute atomic E-state index is 12.9. The molecule has 1 fully saturated rings. The first kappa shape index (κ1) is 23.7. The van der Waals surface area contributed by atoms with E-state index in [4.69, 9.17) is 14.2 Å². The van der Waals surface area contributed by atoms with Gasteiger partial charge in [0.2, 0.25) is 0 Å². The molecule has 0 saturated carbocycles. The molecule has 3 rings (SSSR count). The molecule has 8 nitrogen and oxygen atoms in total. The Morgan fingerprint density at radius 3 is 2.38 bits per heavy atom. The second kappa shape index (κ2) is 10.5. The van der Waals surface area contributed by atoms with Crippen molar-refractivity contribution >= 4 is 17.7 Å². The van der Waals surface area contributed by atoms with Crippen molar-refractivity contribution in [3.8, 4) is 5.75 Å². The zero-order valence-electron chi connectivity index (χ0n) is 19.3. The van der Waals surface area contributed by atoms with Gasteiger partial charge in [0, 0.05) is 38.1 Å². The van der Waals surface area contributed by atoms with E-state index in [9.17, 15) is 9.59 Å². The highest BCUT2D eigenvalue weighted by molar-refractivity contribution is 6.03. The van der Waals surface area contributed by atoms with Crippen molar-refractivity contribution in [2.24, 2.45) is 0 Å². The van der Waals surface area contributed by atoms with Crippen LogP contribution in [0.3, 0.4) is 0 Å². The van der Waals surface area contributed by atoms with Crippen LogP contribution in [0.2, 0.25) is 0 Å². The summed E-state index contributed by atoms with van der Waals surface area (Å²) in [5.74, 6) is 0.554. The third kappa shape index (κ3) is 6.50. The number of ether oxygens (including phenoxy) is 3. The molecule has 0 bridgehead atoms. The molecular formula is C24H33N3O5. The lowest BCUT2D eigenvalue weighted by Gasteiger charge is -2.34. The fourth-order valence-electron chi connectivity index (χ4n) is 3.63. The van der Waals surface area contributed by atoms with Gasteiger partial charge in [-0.3, -0.25) is 4.79 Å². The number of anilines is 1. The summed E-state index contributed by atoms with van der Waals surface area (Å²) in [5, 5.41) is 2.95. The number of methoxy groups -OCH3 is 1. The van der Waals surface area contributed by atoms with E-state index in [1.807, 2.05) is 67.9 Å². The molecule has 2 aromatic rings. The van der Waals surface area contributed by atoms with Crippen LogP contribution in [0.25, 0.3) is 0 Å². The molecule has 174 valence electrons. The van der Waals surface area contributed by atoms with Gasteiger partial charge in [0.1, 0.15) is 23.7 Å². The first-order valence-electron chi connectivity index (χ1n) is 10.9. The normalized spacial score (nSPS) is 14.8. The number of rotatable bonds is 7. The number of likely N-dealkylation sites (tertiary alicyclic amines) is 1. The minimum absolute atomic E-state index is 0.154. The van der Waals surface area contributed by atoms with Crippen molar-refractivity contribution in [2.75, 3.05) is 38.7 Å². The highest BCUT2D eigenvalue weighted by Crippen LogP contribution is 2.26. The van der Waals surface area contributed by atoms with E-state index < -0.39 is 5.60 Å². The van der Waals surface area contributed by atoms with Gasteiger partial charge in [-0.05, 0) is 70.0 Å². The molecule has 0 unspecified atom stereocenters. The Kier molecular flexibility index (Phi) is 7.80. The molecule has 1 aliphatic heterocycles. The molecule has 0 atom stereocenters. The maximum Gasteiger partial charge on any atom is 0.410 e. The number of nitrogens with one attached hydrogen (secondary N) is 1. The highest BCUT2D eigenvalue weighted by Gasteiger charge is 2.28. The van der Waals surface area contributed by atoms with Crippen LogP contribution >= 0.6 is 0 Å². The zero-order valence-corrected chi connectivity index (χ0v) is 19.3. The Bertz CT molecular complexity index is 893. The van der Waals surface area contributed by atoms with Gasteiger partial charge in [-0.25, -0.2) is 4.79 Å². The first-order chi connectivity index (χ1) is 15.3. The Morgan fingerprint density at radius 2 is 1.75 bits per heavy atom. The molecule has 1 saturated heterocycles. The van der Waals surface area contributed by atoms with Gasteiger partial charge < -0.3 is 29.0 Å². The van der Waals surface area contributed by atoms with E-state index in [1.165, 1.54) is 0 Å². The summed E-state index contributed by atoms with van der Waals surface area (Å²) in [6.07, 6.45) is 3.18. The second-order valence-corrected chi connectivity index (χ2v) is 8.82. The largest absolute Gasteiger partial charge is 0.491 e. The monoisotopic (exact) mass is 443 g/mol. The number of hydrogen-bond acceptors (Lipinski definition) is 5. The van der Waals surface area contributed by atoms with E-state index in [0.717, 1.165) is 18.6 Å². The van der Waals surface area contributed by atoms with Crippen molar-refractivity contribution in [1.29, 1.82) is 0 Å². The van der Waals surface area contributed by atoms with Crippen molar-refractivity contribution in [3.63, 3.8) is 0 Å². The number of hydrogen-bond donors (Lipinski definition) is 1. The SMILES string of the molecule is COCCOc1ccc(NC(=O)c2cccn2C2CCN(C(=O)OC(C)(C)C)CC2)cc1. The molecule has 8 heteroatoms. The summed E-state index contributed by atoms with van der Waals surface area (Å²) < 4.78 is 18.0. The van der Waals surface area contributed by atoms with Crippen molar-refractivity contribution < 1.29 is 23.8 Å². The van der Waals surface area contributed by atoms with Crippen LogP contribution in [0.5, 0.6) is 5.75 Å². The molecule has 0 spiro atoms. The average Bonchev–Trinajstić information content (AvgIpc) is 3.24. The van der Waals surface area contributed by atoms with Crippen LogP contribution in [0, 0.1) is 0 Å². The van der Waals surface area contributed by atoms with Gasteiger partial charge in [0.25, 0.3) is 5.91 Å². The third-order valence-corrected chi connectivity index (χ3v) is 5.19. The average molecular weight is 444 g/mol. The Labute approximate surface area is 189 Å². The molecule has 0 radical (unpaired) electrons. The number of piperidine rings is 1. The fourth-order valence-corrected chi connectivity index (χ4v) is 3.63. The molecule has 32 heavy (non-hydrogen) atoms. The van der Waals surface area contributed by atoms with Crippen LogP contribution in [0.15, 0.2) is 42.6 Å². The Balaban J connectivity index is 1.56. The summed E-state index contributed by atoms with van der Waals surface area (Å²) in [6, 6.07) is 11.1. The number of carbonyl (C=O) groups excluding carboxylic acids is 2. The summed E-state index contributed by atoms with van der Waals surface area (Å²) in [4.78, 5) is 26.9. The standard InChI is InChI=1S/C24H33N3O5/c1-24(2,3)32-23(29)26-14-11-19(12-15-26)27-13-5-6-21(27)22(28)25-18-7-9-20(10-8-18)31-17-16-30-4/h5-10,13,19H,11-12,14-17H2,1-4H3,(H,25,28). The molecule has 2 amide bonds. The van der Waals surface area contributed by atoms with E-state index in [0.29, 0.717) is 37.7 Å². The van der Waals surface area contributed by atoms with E-state index in [-0.39, 0.29) is 18.0 Å². The third-order valence-electron chi connectivity index (χ3n) is 5.19. The van der Waals surface area contributed by atoms with Gasteiger partial charge in [0.05, 0.1) is 6.61 Å². The quantitative estimate of drug-likeness (QED) is 0.644. The van der Waals surface area contributed by atoms with Crippen LogP contribution < -0.4 is 10.1 Å². The topological polar surface area (TPSA) is 82.0 Å². The molecular weight excluding hydrogens is 410 g/mol. The predicted molar refractivity (Wildman–Crippen MR) is 122 cm³/mol. The van der Waals surface area contributed by atoms with Gasteiger partial charge in [-0.2, -0.15) is 0 Å². The number of aromatic nitrogens is 1. The summed E-state index contributed by atoms with van der Waals surface area (Å²) in [5.41, 5.74) is 0.788. The number of benzene rings is 1. The second-order valence-electron chi connectivity index (χ2n) is 8.82. The lowest BCUT2D eigenvalue weighted by molar-refractivity contribution is 0.0187. The smallest absolute Gasteiger partial charge is 0.410 e. The van der Waals surface area contributed by atoms with E-state index in [2.05, 4.69) is 5.32 Å². The van der Waals surface area contributed by atoms with Crippen LogP contribution in [0.4, 0.5) is 10.5 Å². The maximum atomic E-state index is 12.9. The van der Waals surface area contributed by atoms with Crippen LogP contribution in [0.1, 0.15) is 50.1 Å². The Morgan fingerprint density at radius 1 is 1.06 bits per heavy atom. The van der Waals surface area contributed by atoms with Crippen molar-refractivity contribution in [3.05, 3.63) is 48.3 Å². The van der Waals surface area contributed by atoms with Gasteiger partial charge in [0.15, 0.2) is 0 Å². The fraction of sp³-hybridized carbons (Fsp3) is 0.500. The van der Waals surface area contributed by atoms with E-state index >= 15 is 0 Å². The molecule has 2 heterocycles. The molecule has 1 aromatic heterocycles.